The molecular weight excluding hydrogens is 367 g/mol. The molecule has 0 aliphatic rings. The molecule has 7 heteroatoms. The quantitative estimate of drug-likeness (QED) is 0.242. The number of carboxylic acids is 2. The SMILES string of the molecule is CCCCCCCCC(CCCCCCCC)(C(=O)O)C(C(=O)O)[P+](=O)[O-]. The molecule has 0 bridgehead atoms. The van der Waals surface area contributed by atoms with Crippen LogP contribution in [0.1, 0.15) is 104 Å². The van der Waals surface area contributed by atoms with Gasteiger partial charge >= 0.3 is 20.0 Å². The average molecular weight is 404 g/mol. The predicted octanol–water partition coefficient (Wildman–Crippen LogP) is 5.11. The van der Waals surface area contributed by atoms with E-state index in [1.807, 2.05) is 0 Å². The van der Waals surface area contributed by atoms with Gasteiger partial charge in [0.05, 0.1) is 0 Å². The van der Waals surface area contributed by atoms with Crippen molar-refractivity contribution in [3.05, 3.63) is 0 Å². The number of aliphatic carboxylic acids is 2. The van der Waals surface area contributed by atoms with E-state index in [2.05, 4.69) is 13.8 Å². The Morgan fingerprint density at radius 1 is 0.815 bits per heavy atom. The van der Waals surface area contributed by atoms with Crippen molar-refractivity contribution >= 4 is 20.0 Å². The van der Waals surface area contributed by atoms with Crippen LogP contribution >= 0.6 is 8.03 Å². The molecule has 0 aromatic heterocycles. The van der Waals surface area contributed by atoms with E-state index in [-0.39, 0.29) is 12.8 Å². The summed E-state index contributed by atoms with van der Waals surface area (Å²) < 4.78 is 11.6. The highest BCUT2D eigenvalue weighted by atomic mass is 31.1. The summed E-state index contributed by atoms with van der Waals surface area (Å²) in [6.07, 6.45) is 11.4. The zero-order valence-corrected chi connectivity index (χ0v) is 17.8. The van der Waals surface area contributed by atoms with Gasteiger partial charge in [-0.3, -0.25) is 4.79 Å². The molecule has 0 fully saturated rings. The van der Waals surface area contributed by atoms with Gasteiger partial charge in [-0.2, -0.15) is 0 Å². The third kappa shape index (κ3) is 9.66. The molecule has 6 nitrogen and oxygen atoms in total. The number of hydrogen-bond acceptors (Lipinski definition) is 4. The van der Waals surface area contributed by atoms with Gasteiger partial charge in [0.15, 0.2) is 0 Å². The molecule has 0 aliphatic heterocycles. The summed E-state index contributed by atoms with van der Waals surface area (Å²) in [6, 6.07) is 0. The van der Waals surface area contributed by atoms with Crippen LogP contribution in [0.4, 0.5) is 0 Å². The maximum atomic E-state index is 12.1. The second-order valence-corrected chi connectivity index (χ2v) is 8.61. The number of hydrogen-bond donors (Lipinski definition) is 2. The first kappa shape index (κ1) is 26.0. The highest BCUT2D eigenvalue weighted by Gasteiger charge is 2.56. The van der Waals surface area contributed by atoms with E-state index >= 15 is 0 Å². The van der Waals surface area contributed by atoms with Gasteiger partial charge in [-0.25, -0.2) is 4.79 Å². The lowest BCUT2D eigenvalue weighted by Crippen LogP contribution is -2.46. The van der Waals surface area contributed by atoms with Crippen molar-refractivity contribution in [3.8, 4) is 0 Å². The van der Waals surface area contributed by atoms with Crippen LogP contribution in [-0.2, 0) is 14.2 Å². The van der Waals surface area contributed by atoms with Crippen LogP contribution in [0.3, 0.4) is 0 Å². The van der Waals surface area contributed by atoms with Gasteiger partial charge in [-0.05, 0) is 12.8 Å². The average Bonchev–Trinajstić information content (AvgIpc) is 2.59. The molecule has 0 radical (unpaired) electrons. The topological polar surface area (TPSA) is 115 Å². The van der Waals surface area contributed by atoms with E-state index in [4.69, 9.17) is 0 Å². The highest BCUT2D eigenvalue weighted by molar-refractivity contribution is 7.38. The molecule has 0 aliphatic carbocycles. The van der Waals surface area contributed by atoms with Crippen molar-refractivity contribution in [3.63, 3.8) is 0 Å². The Kier molecular flexibility index (Phi) is 14.4. The maximum Gasteiger partial charge on any atom is 0.356 e. The molecule has 0 saturated carbocycles. The maximum absolute atomic E-state index is 12.1. The van der Waals surface area contributed by atoms with Crippen LogP contribution in [0.25, 0.3) is 0 Å². The molecule has 0 heterocycles. The van der Waals surface area contributed by atoms with Crippen LogP contribution in [0.2, 0.25) is 0 Å². The number of carbonyl (C=O) groups is 2. The van der Waals surface area contributed by atoms with E-state index < -0.39 is 31.0 Å². The summed E-state index contributed by atoms with van der Waals surface area (Å²) in [6.45, 7) is 4.22. The Labute approximate surface area is 164 Å². The summed E-state index contributed by atoms with van der Waals surface area (Å²) in [7, 11) is -3.36. The molecule has 2 N–H and O–H groups in total. The van der Waals surface area contributed by atoms with Crippen molar-refractivity contribution in [2.24, 2.45) is 5.41 Å². The first-order chi connectivity index (χ1) is 12.8. The molecule has 158 valence electrons. The van der Waals surface area contributed by atoms with Crippen molar-refractivity contribution in [1.29, 1.82) is 0 Å². The van der Waals surface area contributed by atoms with Crippen LogP contribution in [0.15, 0.2) is 0 Å². The monoisotopic (exact) mass is 404 g/mol. The highest BCUT2D eigenvalue weighted by Crippen LogP contribution is 2.44. The Morgan fingerprint density at radius 2 is 1.19 bits per heavy atom. The fourth-order valence-electron chi connectivity index (χ4n) is 3.70. The minimum atomic E-state index is -3.36. The minimum absolute atomic E-state index is 0.101. The van der Waals surface area contributed by atoms with E-state index in [0.29, 0.717) is 12.8 Å². The van der Waals surface area contributed by atoms with Crippen molar-refractivity contribution in [1.82, 2.24) is 0 Å². The van der Waals surface area contributed by atoms with E-state index in [1.165, 1.54) is 0 Å². The molecule has 27 heavy (non-hydrogen) atoms. The predicted molar refractivity (Wildman–Crippen MR) is 105 cm³/mol. The van der Waals surface area contributed by atoms with Gasteiger partial charge in [0.25, 0.3) is 5.66 Å². The normalized spacial score (nSPS) is 13.4. The minimum Gasteiger partial charge on any atom is -0.595 e. The summed E-state index contributed by atoms with van der Waals surface area (Å²) >= 11 is 0. The second kappa shape index (κ2) is 15.0. The molecule has 2 atom stereocenters. The Morgan fingerprint density at radius 3 is 1.48 bits per heavy atom. The Hall–Kier alpha value is -1.00. The van der Waals surface area contributed by atoms with Crippen LogP contribution in [0.5, 0.6) is 0 Å². The van der Waals surface area contributed by atoms with Crippen LogP contribution < -0.4 is 4.89 Å². The molecule has 0 saturated heterocycles. The molecule has 0 amide bonds. The molecule has 2 unspecified atom stereocenters. The lowest BCUT2D eigenvalue weighted by Gasteiger charge is -2.30. The Bertz CT molecular complexity index is 422. The molecule has 0 aromatic rings. The molecule has 0 aromatic carbocycles. The van der Waals surface area contributed by atoms with E-state index in [9.17, 15) is 29.3 Å². The summed E-state index contributed by atoms with van der Waals surface area (Å²) in [4.78, 5) is 35.3. The fraction of sp³-hybridized carbons (Fsp3) is 0.900. The van der Waals surface area contributed by atoms with Gasteiger partial charge in [0.2, 0.25) is 0 Å². The van der Waals surface area contributed by atoms with Gasteiger partial charge in [0.1, 0.15) is 5.41 Å². The fourth-order valence-corrected chi connectivity index (χ4v) is 4.65. The largest absolute Gasteiger partial charge is 0.595 e. The molecule has 0 spiro atoms. The lowest BCUT2D eigenvalue weighted by atomic mass is 9.74. The summed E-state index contributed by atoms with van der Waals surface area (Å²) in [5, 5.41) is 19.3. The number of rotatable bonds is 18. The van der Waals surface area contributed by atoms with Crippen molar-refractivity contribution in [2.45, 2.75) is 109 Å². The third-order valence-corrected chi connectivity index (χ3v) is 6.48. The smallest absolute Gasteiger partial charge is 0.356 e. The third-order valence-electron chi connectivity index (χ3n) is 5.35. The zero-order valence-electron chi connectivity index (χ0n) is 17.0. The van der Waals surface area contributed by atoms with Gasteiger partial charge in [-0.1, -0.05) is 95.5 Å². The lowest BCUT2D eigenvalue weighted by molar-refractivity contribution is -0.177. The second-order valence-electron chi connectivity index (χ2n) is 7.52. The molecular formula is C20H37O6P. The summed E-state index contributed by atoms with van der Waals surface area (Å²) in [5.41, 5.74) is -3.59. The van der Waals surface area contributed by atoms with E-state index in [0.717, 1.165) is 64.2 Å². The standard InChI is InChI=1S/C20H37O6P/c1-3-5-7-9-11-13-15-20(19(23)24,17(18(21)22)27(25)26)16-14-12-10-8-6-4-2/h17H,3-16H2,1-2H3,(H,21,22)(H,23,24). The number of unbranched alkanes of at least 4 members (excludes halogenated alkanes) is 10. The van der Waals surface area contributed by atoms with Gasteiger partial charge < -0.3 is 15.1 Å². The van der Waals surface area contributed by atoms with Gasteiger partial charge in [0, 0.05) is 0 Å². The van der Waals surface area contributed by atoms with Crippen molar-refractivity contribution in [2.75, 3.05) is 0 Å². The Balaban J connectivity index is 5.07. The first-order valence-corrected chi connectivity index (χ1v) is 11.7. The van der Waals surface area contributed by atoms with E-state index in [1.54, 1.807) is 0 Å². The zero-order chi connectivity index (χ0) is 20.7. The van der Waals surface area contributed by atoms with Crippen LogP contribution in [0, 0.1) is 5.41 Å². The van der Waals surface area contributed by atoms with Gasteiger partial charge in [-0.15, -0.1) is 0 Å². The summed E-state index contributed by atoms with van der Waals surface area (Å²) in [5.74, 6) is -2.85. The first-order valence-electron chi connectivity index (χ1n) is 10.4. The molecule has 0 rings (SSSR count). The number of carboxylic acid groups (broad SMARTS) is 2. The van der Waals surface area contributed by atoms with Crippen molar-refractivity contribution < 1.29 is 29.3 Å². The van der Waals surface area contributed by atoms with Crippen LogP contribution in [-0.4, -0.2) is 27.8 Å².